The van der Waals surface area contributed by atoms with E-state index in [4.69, 9.17) is 0 Å². The normalized spacial score (nSPS) is 13.5. The van der Waals surface area contributed by atoms with E-state index in [0.29, 0.717) is 6.42 Å². The van der Waals surface area contributed by atoms with Crippen LogP contribution in [0.15, 0.2) is 0 Å². The molecule has 0 rings (SSSR count). The number of halogens is 2. The van der Waals surface area contributed by atoms with Crippen molar-refractivity contribution in [3.8, 4) is 0 Å². The fraction of sp³-hybridized carbons (Fsp3) is 0.917. The summed E-state index contributed by atoms with van der Waals surface area (Å²) >= 11 is 0. The Hall–Kier alpha value is -0.710. The summed E-state index contributed by atoms with van der Waals surface area (Å²) in [4.78, 5) is 10.9. The zero-order chi connectivity index (χ0) is 13.3. The van der Waals surface area contributed by atoms with E-state index in [9.17, 15) is 13.6 Å². The van der Waals surface area contributed by atoms with Crippen LogP contribution in [0.25, 0.3) is 0 Å². The van der Waals surface area contributed by atoms with E-state index in [1.807, 2.05) is 0 Å². The molecule has 1 atom stereocenters. The molecule has 102 valence electrons. The van der Waals surface area contributed by atoms with Crippen molar-refractivity contribution in [3.63, 3.8) is 0 Å². The summed E-state index contributed by atoms with van der Waals surface area (Å²) in [6, 6.07) is 0. The maximum atomic E-state index is 13.1. The van der Waals surface area contributed by atoms with E-state index >= 15 is 0 Å². The molecule has 0 radical (unpaired) electrons. The fourth-order valence-corrected chi connectivity index (χ4v) is 1.43. The summed E-state index contributed by atoms with van der Waals surface area (Å²) < 4.78 is 34.9. The predicted molar refractivity (Wildman–Crippen MR) is 60.9 cm³/mol. The van der Waals surface area contributed by atoms with E-state index in [1.54, 1.807) is 6.92 Å². The first-order valence-electron chi connectivity index (χ1n) is 6.16. The van der Waals surface area contributed by atoms with E-state index in [-0.39, 0.29) is 6.61 Å². The van der Waals surface area contributed by atoms with Gasteiger partial charge in [0.1, 0.15) is 0 Å². The first-order chi connectivity index (χ1) is 7.94. The minimum Gasteiger partial charge on any atom is -0.460 e. The molecule has 0 heterocycles. The molecule has 0 saturated heterocycles. The highest BCUT2D eigenvalue weighted by Crippen LogP contribution is 2.22. The number of rotatable bonds is 9. The standard InChI is InChI=1S/C12H22F2O3/c1-4-6-7-8-9-10(3)17-12(13,14)11(15)16-5-2/h10H,4-9H2,1-3H3. The molecular weight excluding hydrogens is 230 g/mol. The second-order valence-electron chi connectivity index (χ2n) is 4.02. The lowest BCUT2D eigenvalue weighted by atomic mass is 10.1. The summed E-state index contributed by atoms with van der Waals surface area (Å²) in [5, 5.41) is 0. The Labute approximate surface area is 101 Å². The monoisotopic (exact) mass is 252 g/mol. The van der Waals surface area contributed by atoms with Gasteiger partial charge in [-0.2, -0.15) is 8.78 Å². The summed E-state index contributed by atoms with van der Waals surface area (Å²) in [6.07, 6.45) is 0.0410. The molecule has 1 unspecified atom stereocenters. The average molecular weight is 252 g/mol. The molecule has 0 bridgehead atoms. The van der Waals surface area contributed by atoms with Gasteiger partial charge in [-0.05, 0) is 20.3 Å². The molecule has 0 aliphatic rings. The van der Waals surface area contributed by atoms with Gasteiger partial charge in [-0.25, -0.2) is 4.79 Å². The van der Waals surface area contributed by atoms with Crippen LogP contribution in [0.3, 0.4) is 0 Å². The predicted octanol–water partition coefficient (Wildman–Crippen LogP) is 3.52. The Balaban J connectivity index is 3.91. The van der Waals surface area contributed by atoms with Crippen LogP contribution in [0.5, 0.6) is 0 Å². The van der Waals surface area contributed by atoms with Gasteiger partial charge < -0.3 is 9.47 Å². The largest absolute Gasteiger partial charge is 0.460 e. The number of hydrogen-bond donors (Lipinski definition) is 0. The van der Waals surface area contributed by atoms with Crippen LogP contribution in [-0.2, 0) is 14.3 Å². The van der Waals surface area contributed by atoms with Gasteiger partial charge in [0.15, 0.2) is 0 Å². The third kappa shape index (κ3) is 7.26. The minimum atomic E-state index is -3.83. The maximum Gasteiger partial charge on any atom is 0.456 e. The van der Waals surface area contributed by atoms with Crippen LogP contribution in [-0.4, -0.2) is 24.8 Å². The molecule has 5 heteroatoms. The third-order valence-corrected chi connectivity index (χ3v) is 2.33. The molecule has 0 aliphatic heterocycles. The molecule has 17 heavy (non-hydrogen) atoms. The smallest absolute Gasteiger partial charge is 0.456 e. The summed E-state index contributed by atoms with van der Waals surface area (Å²) in [7, 11) is 0. The van der Waals surface area contributed by atoms with Crippen molar-refractivity contribution in [1.82, 2.24) is 0 Å². The fourth-order valence-electron chi connectivity index (χ4n) is 1.43. The zero-order valence-electron chi connectivity index (χ0n) is 10.8. The van der Waals surface area contributed by atoms with Gasteiger partial charge >= 0.3 is 12.1 Å². The highest BCUT2D eigenvalue weighted by atomic mass is 19.3. The second-order valence-corrected chi connectivity index (χ2v) is 4.02. The average Bonchev–Trinajstić information content (AvgIpc) is 2.24. The maximum absolute atomic E-state index is 13.1. The molecule has 0 aromatic rings. The van der Waals surface area contributed by atoms with Gasteiger partial charge in [-0.1, -0.05) is 32.6 Å². The molecule has 0 aromatic heterocycles. The van der Waals surface area contributed by atoms with Gasteiger partial charge in [0.05, 0.1) is 12.7 Å². The molecule has 0 amide bonds. The van der Waals surface area contributed by atoms with Gasteiger partial charge in [-0.3, -0.25) is 0 Å². The van der Waals surface area contributed by atoms with Crippen molar-refractivity contribution in [1.29, 1.82) is 0 Å². The van der Waals surface area contributed by atoms with Crippen LogP contribution < -0.4 is 0 Å². The lowest BCUT2D eigenvalue weighted by Gasteiger charge is -2.19. The van der Waals surface area contributed by atoms with Crippen LogP contribution in [0.1, 0.15) is 52.9 Å². The van der Waals surface area contributed by atoms with Crippen LogP contribution >= 0.6 is 0 Å². The van der Waals surface area contributed by atoms with E-state index in [1.165, 1.54) is 6.92 Å². The number of esters is 1. The summed E-state index contributed by atoms with van der Waals surface area (Å²) in [6.45, 7) is 5.01. The molecule has 0 aromatic carbocycles. The van der Waals surface area contributed by atoms with Crippen molar-refractivity contribution >= 4 is 5.97 Å². The lowest BCUT2D eigenvalue weighted by Crippen LogP contribution is -2.36. The Kier molecular flexibility index (Phi) is 8.04. The quantitative estimate of drug-likeness (QED) is 0.465. The highest BCUT2D eigenvalue weighted by Gasteiger charge is 2.43. The zero-order valence-corrected chi connectivity index (χ0v) is 10.8. The Morgan fingerprint density at radius 3 is 2.41 bits per heavy atom. The van der Waals surface area contributed by atoms with E-state index in [2.05, 4.69) is 16.4 Å². The first-order valence-corrected chi connectivity index (χ1v) is 6.16. The Morgan fingerprint density at radius 1 is 1.24 bits per heavy atom. The minimum absolute atomic E-state index is 0.0807. The number of alkyl halides is 2. The van der Waals surface area contributed by atoms with Crippen LogP contribution in [0.4, 0.5) is 8.78 Å². The van der Waals surface area contributed by atoms with E-state index < -0.39 is 18.2 Å². The van der Waals surface area contributed by atoms with Crippen molar-refractivity contribution in [2.45, 2.75) is 65.1 Å². The van der Waals surface area contributed by atoms with Gasteiger partial charge in [0.2, 0.25) is 0 Å². The number of carbonyl (C=O) groups excluding carboxylic acids is 1. The molecule has 0 spiro atoms. The van der Waals surface area contributed by atoms with Gasteiger partial charge in [0, 0.05) is 0 Å². The van der Waals surface area contributed by atoms with Crippen LogP contribution in [0.2, 0.25) is 0 Å². The summed E-state index contributed by atoms with van der Waals surface area (Å²) in [5.74, 6) is -1.61. The van der Waals surface area contributed by atoms with Crippen molar-refractivity contribution in [2.75, 3.05) is 6.61 Å². The lowest BCUT2D eigenvalue weighted by molar-refractivity contribution is -0.264. The molecule has 3 nitrogen and oxygen atoms in total. The topological polar surface area (TPSA) is 35.5 Å². The Morgan fingerprint density at radius 2 is 1.88 bits per heavy atom. The second kappa shape index (κ2) is 8.39. The van der Waals surface area contributed by atoms with E-state index in [0.717, 1.165) is 25.7 Å². The molecular formula is C12H22F2O3. The molecule has 0 N–H and O–H groups in total. The number of carbonyl (C=O) groups is 1. The highest BCUT2D eigenvalue weighted by molar-refractivity contribution is 5.75. The number of ether oxygens (including phenoxy) is 2. The SMILES string of the molecule is CCCCCCC(C)OC(F)(F)C(=O)OCC. The Bertz CT molecular complexity index is 220. The molecule has 0 fully saturated rings. The molecule has 0 aliphatic carbocycles. The van der Waals surface area contributed by atoms with Crippen molar-refractivity contribution < 1.29 is 23.0 Å². The van der Waals surface area contributed by atoms with Crippen molar-refractivity contribution in [2.24, 2.45) is 0 Å². The van der Waals surface area contributed by atoms with Crippen LogP contribution in [0, 0.1) is 0 Å². The third-order valence-electron chi connectivity index (χ3n) is 2.33. The number of unbranched alkanes of at least 4 members (excludes halogenated alkanes) is 3. The van der Waals surface area contributed by atoms with Crippen molar-refractivity contribution in [3.05, 3.63) is 0 Å². The van der Waals surface area contributed by atoms with Gasteiger partial charge in [0.25, 0.3) is 0 Å². The first kappa shape index (κ1) is 16.3. The number of hydrogen-bond acceptors (Lipinski definition) is 3. The molecule has 0 saturated carbocycles. The van der Waals surface area contributed by atoms with Gasteiger partial charge in [-0.15, -0.1) is 0 Å². The summed E-state index contributed by atoms with van der Waals surface area (Å²) in [5.41, 5.74) is 0.